The molecular weight excluding hydrogens is 264 g/mol. The maximum Gasteiger partial charge on any atom is 0.231 e. The highest BCUT2D eigenvalue weighted by Crippen LogP contribution is 2.14. The number of aromatic amines is 1. The van der Waals surface area contributed by atoms with Gasteiger partial charge in [-0.2, -0.15) is 5.10 Å². The molecule has 0 aliphatic rings. The molecule has 19 heavy (non-hydrogen) atoms. The summed E-state index contributed by atoms with van der Waals surface area (Å²) in [6.07, 6.45) is 1.39. The molecule has 0 unspecified atom stereocenters. The fourth-order valence-electron chi connectivity index (χ4n) is 1.55. The molecule has 1 atom stereocenters. The van der Waals surface area contributed by atoms with Crippen LogP contribution in [0.4, 0.5) is 0 Å². The molecule has 1 heterocycles. The van der Waals surface area contributed by atoms with Gasteiger partial charge in [0.25, 0.3) is 0 Å². The van der Waals surface area contributed by atoms with Crippen LogP contribution < -0.4 is 5.32 Å². The van der Waals surface area contributed by atoms with Crippen molar-refractivity contribution in [1.29, 1.82) is 0 Å². The summed E-state index contributed by atoms with van der Waals surface area (Å²) in [5, 5.41) is 19.1. The molecule has 0 aliphatic carbocycles. The zero-order valence-corrected chi connectivity index (χ0v) is 10.9. The number of amides is 1. The number of aliphatic hydroxyl groups excluding tert-OH is 1. The van der Waals surface area contributed by atoms with Crippen molar-refractivity contribution < 1.29 is 9.90 Å². The molecule has 0 radical (unpaired) electrons. The number of benzene rings is 1. The second-order valence-electron chi connectivity index (χ2n) is 3.79. The van der Waals surface area contributed by atoms with E-state index in [-0.39, 0.29) is 24.3 Å². The Morgan fingerprint density at radius 3 is 2.84 bits per heavy atom. The number of carbonyl (C=O) groups excluding carboxylic acids is 1. The van der Waals surface area contributed by atoms with Crippen LogP contribution in [0.5, 0.6) is 0 Å². The first-order chi connectivity index (χ1) is 9.29. The van der Waals surface area contributed by atoms with Gasteiger partial charge in [-0.1, -0.05) is 42.1 Å². The third-order valence-corrected chi connectivity index (χ3v) is 3.33. The molecule has 6 nitrogen and oxygen atoms in total. The van der Waals surface area contributed by atoms with Crippen molar-refractivity contribution in [2.75, 3.05) is 12.4 Å². The minimum absolute atomic E-state index is 0.136. The van der Waals surface area contributed by atoms with Crippen LogP contribution in [0, 0.1) is 0 Å². The lowest BCUT2D eigenvalue weighted by Gasteiger charge is -2.16. The van der Waals surface area contributed by atoms with E-state index in [0.717, 1.165) is 5.56 Å². The normalized spacial score (nSPS) is 12.1. The van der Waals surface area contributed by atoms with Gasteiger partial charge in [0.2, 0.25) is 5.91 Å². The number of hydrogen-bond acceptors (Lipinski definition) is 5. The van der Waals surface area contributed by atoms with Crippen LogP contribution in [0.3, 0.4) is 0 Å². The molecule has 0 saturated heterocycles. The smallest absolute Gasteiger partial charge is 0.231 e. The lowest BCUT2D eigenvalue weighted by atomic mass is 10.1. The van der Waals surface area contributed by atoms with Crippen molar-refractivity contribution in [1.82, 2.24) is 20.5 Å². The SMILES string of the molecule is O=C(CSc1ncn[nH]1)N[C@@H](CO)c1ccccc1. The number of nitrogens with zero attached hydrogens (tertiary/aromatic N) is 2. The van der Waals surface area contributed by atoms with Crippen molar-refractivity contribution in [3.05, 3.63) is 42.2 Å². The Labute approximate surface area is 114 Å². The number of hydrogen-bond donors (Lipinski definition) is 3. The summed E-state index contributed by atoms with van der Waals surface area (Å²) in [6.45, 7) is -0.136. The fraction of sp³-hybridized carbons (Fsp3) is 0.250. The standard InChI is InChI=1S/C12H14N4O2S/c17-6-10(9-4-2-1-3-5-9)15-11(18)7-19-12-13-8-14-16-12/h1-5,8,10,17H,6-7H2,(H,15,18)(H,13,14,16)/t10-/m0/s1. The van der Waals surface area contributed by atoms with Crippen LogP contribution in [0.25, 0.3) is 0 Å². The van der Waals surface area contributed by atoms with Gasteiger partial charge in [-0.05, 0) is 5.56 Å². The van der Waals surface area contributed by atoms with Crippen LogP contribution in [-0.2, 0) is 4.79 Å². The molecule has 3 N–H and O–H groups in total. The minimum Gasteiger partial charge on any atom is -0.394 e. The lowest BCUT2D eigenvalue weighted by Crippen LogP contribution is -2.32. The fourth-order valence-corrected chi connectivity index (χ4v) is 2.14. The van der Waals surface area contributed by atoms with Crippen LogP contribution in [0.15, 0.2) is 41.8 Å². The third kappa shape index (κ3) is 4.08. The minimum atomic E-state index is -0.385. The van der Waals surface area contributed by atoms with Crippen LogP contribution in [-0.4, -0.2) is 38.6 Å². The highest BCUT2D eigenvalue weighted by atomic mass is 32.2. The molecule has 1 amide bonds. The van der Waals surface area contributed by atoms with Gasteiger partial charge in [0, 0.05) is 0 Å². The zero-order chi connectivity index (χ0) is 13.5. The summed E-state index contributed by atoms with van der Waals surface area (Å²) >= 11 is 1.26. The van der Waals surface area contributed by atoms with Gasteiger partial charge < -0.3 is 10.4 Å². The van der Waals surface area contributed by atoms with E-state index >= 15 is 0 Å². The third-order valence-electron chi connectivity index (χ3n) is 2.45. The summed E-state index contributed by atoms with van der Waals surface area (Å²) in [5.74, 6) is 0.0581. The Hall–Kier alpha value is -1.86. The zero-order valence-electron chi connectivity index (χ0n) is 10.1. The summed E-state index contributed by atoms with van der Waals surface area (Å²) in [7, 11) is 0. The molecule has 100 valence electrons. The molecule has 1 aromatic carbocycles. The molecule has 0 bridgehead atoms. The number of carbonyl (C=O) groups is 1. The van der Waals surface area contributed by atoms with Crippen molar-refractivity contribution in [2.45, 2.75) is 11.2 Å². The molecule has 7 heteroatoms. The molecule has 0 saturated carbocycles. The number of aromatic nitrogens is 3. The Balaban J connectivity index is 1.86. The average molecular weight is 278 g/mol. The maximum absolute atomic E-state index is 11.8. The first-order valence-electron chi connectivity index (χ1n) is 5.73. The van der Waals surface area contributed by atoms with Gasteiger partial charge in [-0.15, -0.1) is 0 Å². The highest BCUT2D eigenvalue weighted by Gasteiger charge is 2.13. The molecule has 0 aliphatic heterocycles. The van der Waals surface area contributed by atoms with Gasteiger partial charge in [0.05, 0.1) is 18.4 Å². The van der Waals surface area contributed by atoms with Gasteiger partial charge in [-0.25, -0.2) is 4.98 Å². The topological polar surface area (TPSA) is 90.9 Å². The van der Waals surface area contributed by atoms with E-state index in [1.165, 1.54) is 18.1 Å². The van der Waals surface area contributed by atoms with Crippen molar-refractivity contribution >= 4 is 17.7 Å². The van der Waals surface area contributed by atoms with Crippen LogP contribution in [0.2, 0.25) is 0 Å². The van der Waals surface area contributed by atoms with E-state index in [4.69, 9.17) is 0 Å². The largest absolute Gasteiger partial charge is 0.394 e. The summed E-state index contributed by atoms with van der Waals surface area (Å²) in [5.41, 5.74) is 0.878. The molecule has 1 aromatic heterocycles. The van der Waals surface area contributed by atoms with Crippen LogP contribution >= 0.6 is 11.8 Å². The average Bonchev–Trinajstić information content (AvgIpc) is 2.97. The van der Waals surface area contributed by atoms with Gasteiger partial charge in [0.1, 0.15) is 6.33 Å². The number of thioether (sulfide) groups is 1. The first kappa shape index (κ1) is 13.6. The molecule has 0 fully saturated rings. The van der Waals surface area contributed by atoms with Gasteiger partial charge in [0.15, 0.2) is 5.16 Å². The van der Waals surface area contributed by atoms with Crippen molar-refractivity contribution in [3.8, 4) is 0 Å². The van der Waals surface area contributed by atoms with E-state index in [1.807, 2.05) is 30.3 Å². The number of H-pyrrole nitrogens is 1. The van der Waals surface area contributed by atoms with E-state index < -0.39 is 0 Å². The number of rotatable bonds is 6. The predicted octanol–water partition coefficient (Wildman–Crippen LogP) is 0.747. The Morgan fingerprint density at radius 1 is 1.42 bits per heavy atom. The molecule has 2 aromatic rings. The quantitative estimate of drug-likeness (QED) is 0.678. The first-order valence-corrected chi connectivity index (χ1v) is 6.71. The molecule has 2 rings (SSSR count). The van der Waals surface area contributed by atoms with E-state index in [1.54, 1.807) is 0 Å². The second-order valence-corrected chi connectivity index (χ2v) is 4.76. The summed E-state index contributed by atoms with van der Waals surface area (Å²) in [6, 6.07) is 8.97. The van der Waals surface area contributed by atoms with E-state index in [2.05, 4.69) is 20.5 Å². The number of nitrogens with one attached hydrogen (secondary N) is 2. The maximum atomic E-state index is 11.8. The summed E-state index contributed by atoms with van der Waals surface area (Å²) in [4.78, 5) is 15.7. The Bertz CT molecular complexity index is 504. The van der Waals surface area contributed by atoms with E-state index in [9.17, 15) is 9.90 Å². The summed E-state index contributed by atoms with van der Waals surface area (Å²) < 4.78 is 0. The highest BCUT2D eigenvalue weighted by molar-refractivity contribution is 7.99. The molecule has 0 spiro atoms. The van der Waals surface area contributed by atoms with Gasteiger partial charge in [-0.3, -0.25) is 9.89 Å². The lowest BCUT2D eigenvalue weighted by molar-refractivity contribution is -0.119. The van der Waals surface area contributed by atoms with Crippen molar-refractivity contribution in [2.24, 2.45) is 0 Å². The van der Waals surface area contributed by atoms with Crippen molar-refractivity contribution in [3.63, 3.8) is 0 Å². The van der Waals surface area contributed by atoms with Crippen LogP contribution in [0.1, 0.15) is 11.6 Å². The molecular formula is C12H14N4O2S. The predicted molar refractivity (Wildman–Crippen MR) is 71.5 cm³/mol. The Kier molecular flexibility index (Phi) is 4.93. The van der Waals surface area contributed by atoms with E-state index in [0.29, 0.717) is 5.16 Å². The monoisotopic (exact) mass is 278 g/mol. The second kappa shape index (κ2) is 6.91. The number of aliphatic hydroxyl groups is 1. The van der Waals surface area contributed by atoms with Gasteiger partial charge >= 0.3 is 0 Å². The Morgan fingerprint density at radius 2 is 2.21 bits per heavy atom.